The van der Waals surface area contributed by atoms with Crippen molar-refractivity contribution in [3.63, 3.8) is 0 Å². The number of nitrogens with two attached hydrogens (primary N) is 1. The van der Waals surface area contributed by atoms with Crippen molar-refractivity contribution in [1.82, 2.24) is 4.98 Å². The van der Waals surface area contributed by atoms with Gasteiger partial charge in [0.25, 0.3) is 0 Å². The zero-order valence-electron chi connectivity index (χ0n) is 10.2. The van der Waals surface area contributed by atoms with E-state index >= 15 is 0 Å². The Balaban J connectivity index is 2.85. The summed E-state index contributed by atoms with van der Waals surface area (Å²) >= 11 is 0. The van der Waals surface area contributed by atoms with Crippen molar-refractivity contribution in [3.8, 4) is 0 Å². The SMILES string of the molecule is Cc1cc(C(=N)N)cc(N(C)CCC(F)(F)F)n1. The molecule has 0 radical (unpaired) electrons. The number of nitrogen functional groups attached to an aromatic ring is 1. The number of aryl methyl sites for hydroxylation is 1. The van der Waals surface area contributed by atoms with Crippen LogP contribution in [-0.4, -0.2) is 30.6 Å². The zero-order chi connectivity index (χ0) is 13.9. The molecule has 0 aliphatic heterocycles. The number of amidine groups is 1. The van der Waals surface area contributed by atoms with E-state index in [2.05, 4.69) is 4.98 Å². The molecule has 0 unspecified atom stereocenters. The van der Waals surface area contributed by atoms with Gasteiger partial charge in [-0.05, 0) is 19.1 Å². The number of halogens is 3. The maximum Gasteiger partial charge on any atom is 0.390 e. The van der Waals surface area contributed by atoms with Crippen LogP contribution in [0.3, 0.4) is 0 Å². The van der Waals surface area contributed by atoms with Gasteiger partial charge >= 0.3 is 6.18 Å². The van der Waals surface area contributed by atoms with E-state index in [9.17, 15) is 13.2 Å². The number of aromatic nitrogens is 1. The number of anilines is 1. The van der Waals surface area contributed by atoms with Crippen LogP contribution in [0.1, 0.15) is 17.7 Å². The summed E-state index contributed by atoms with van der Waals surface area (Å²) in [7, 11) is 1.53. The maximum absolute atomic E-state index is 12.1. The highest BCUT2D eigenvalue weighted by atomic mass is 19.4. The summed E-state index contributed by atoms with van der Waals surface area (Å²) in [6.07, 6.45) is -5.10. The molecule has 0 aromatic carbocycles. The molecule has 1 aromatic heterocycles. The molecule has 1 aromatic rings. The van der Waals surface area contributed by atoms with Crippen LogP contribution < -0.4 is 10.6 Å². The number of alkyl halides is 3. The second kappa shape index (κ2) is 5.24. The fourth-order valence-corrected chi connectivity index (χ4v) is 1.41. The van der Waals surface area contributed by atoms with Gasteiger partial charge < -0.3 is 10.6 Å². The Morgan fingerprint density at radius 3 is 2.56 bits per heavy atom. The van der Waals surface area contributed by atoms with Gasteiger partial charge in [0.15, 0.2) is 0 Å². The molecule has 1 rings (SSSR count). The smallest absolute Gasteiger partial charge is 0.384 e. The van der Waals surface area contributed by atoms with Crippen LogP contribution in [0.15, 0.2) is 12.1 Å². The van der Waals surface area contributed by atoms with Crippen LogP contribution in [0.4, 0.5) is 19.0 Å². The Bertz CT molecular complexity index is 442. The quantitative estimate of drug-likeness (QED) is 0.643. The van der Waals surface area contributed by atoms with E-state index in [4.69, 9.17) is 11.1 Å². The number of nitrogens with one attached hydrogen (secondary N) is 1. The average molecular weight is 260 g/mol. The van der Waals surface area contributed by atoms with Crippen LogP contribution in [0.5, 0.6) is 0 Å². The van der Waals surface area contributed by atoms with Gasteiger partial charge in [0, 0.05) is 24.8 Å². The third kappa shape index (κ3) is 4.23. The lowest BCUT2D eigenvalue weighted by Gasteiger charge is -2.20. The minimum absolute atomic E-state index is 0.133. The minimum Gasteiger partial charge on any atom is -0.384 e. The monoisotopic (exact) mass is 260 g/mol. The van der Waals surface area contributed by atoms with Crippen molar-refractivity contribution in [1.29, 1.82) is 5.41 Å². The molecular formula is C11H15F3N4. The van der Waals surface area contributed by atoms with E-state index in [-0.39, 0.29) is 12.4 Å². The molecule has 0 aliphatic rings. The number of nitrogens with zero attached hydrogens (tertiary/aromatic N) is 2. The van der Waals surface area contributed by atoms with Gasteiger partial charge in [0.2, 0.25) is 0 Å². The predicted octanol–water partition coefficient (Wildman–Crippen LogP) is 2.06. The van der Waals surface area contributed by atoms with Crippen LogP contribution in [0.2, 0.25) is 0 Å². The molecule has 0 spiro atoms. The minimum atomic E-state index is -4.19. The number of hydrogen-bond acceptors (Lipinski definition) is 3. The zero-order valence-corrected chi connectivity index (χ0v) is 10.2. The molecule has 4 nitrogen and oxygen atoms in total. The number of hydrogen-bond donors (Lipinski definition) is 2. The highest BCUT2D eigenvalue weighted by molar-refractivity contribution is 5.95. The van der Waals surface area contributed by atoms with Gasteiger partial charge in [-0.15, -0.1) is 0 Å². The van der Waals surface area contributed by atoms with Gasteiger partial charge in [-0.25, -0.2) is 4.98 Å². The molecule has 0 bridgehead atoms. The molecule has 3 N–H and O–H groups in total. The van der Waals surface area contributed by atoms with E-state index in [1.165, 1.54) is 18.0 Å². The third-order valence-electron chi connectivity index (χ3n) is 2.37. The topological polar surface area (TPSA) is 66.0 Å². The van der Waals surface area contributed by atoms with E-state index in [1.54, 1.807) is 13.0 Å². The summed E-state index contributed by atoms with van der Waals surface area (Å²) in [6, 6.07) is 3.12. The van der Waals surface area contributed by atoms with Crippen molar-refractivity contribution < 1.29 is 13.2 Å². The van der Waals surface area contributed by atoms with Crippen molar-refractivity contribution in [2.75, 3.05) is 18.5 Å². The lowest BCUT2D eigenvalue weighted by Crippen LogP contribution is -2.25. The Morgan fingerprint density at radius 2 is 2.06 bits per heavy atom. The van der Waals surface area contributed by atoms with Crippen molar-refractivity contribution in [2.45, 2.75) is 19.5 Å². The summed E-state index contributed by atoms with van der Waals surface area (Å²) in [5.74, 6) is 0.246. The molecule has 7 heteroatoms. The molecule has 18 heavy (non-hydrogen) atoms. The van der Waals surface area contributed by atoms with Crippen molar-refractivity contribution >= 4 is 11.7 Å². The van der Waals surface area contributed by atoms with Gasteiger partial charge in [0.1, 0.15) is 11.7 Å². The summed E-state index contributed by atoms with van der Waals surface area (Å²) in [4.78, 5) is 5.52. The Kier molecular flexibility index (Phi) is 4.15. The molecule has 1 heterocycles. The van der Waals surface area contributed by atoms with Gasteiger partial charge in [-0.1, -0.05) is 0 Å². The van der Waals surface area contributed by atoms with Gasteiger partial charge in [-0.2, -0.15) is 13.2 Å². The average Bonchev–Trinajstić information content (AvgIpc) is 2.23. The largest absolute Gasteiger partial charge is 0.390 e. The number of rotatable bonds is 4. The lowest BCUT2D eigenvalue weighted by molar-refractivity contribution is -0.132. The molecule has 0 fully saturated rings. The summed E-state index contributed by atoms with van der Waals surface area (Å²) in [6.45, 7) is 1.52. The summed E-state index contributed by atoms with van der Waals surface area (Å²) < 4.78 is 36.4. The first-order valence-electron chi connectivity index (χ1n) is 5.30. The van der Waals surface area contributed by atoms with E-state index in [1.807, 2.05) is 0 Å². The standard InChI is InChI=1S/C11H15F3N4/c1-7-5-8(10(15)16)6-9(17-7)18(2)4-3-11(12,13)14/h5-6H,3-4H2,1-2H3,(H3,15,16). The Hall–Kier alpha value is -1.79. The lowest BCUT2D eigenvalue weighted by atomic mass is 10.2. The Morgan fingerprint density at radius 1 is 1.44 bits per heavy atom. The molecule has 0 saturated heterocycles. The van der Waals surface area contributed by atoms with Crippen LogP contribution in [-0.2, 0) is 0 Å². The van der Waals surface area contributed by atoms with E-state index in [0.29, 0.717) is 17.1 Å². The molecule has 100 valence electrons. The fourth-order valence-electron chi connectivity index (χ4n) is 1.41. The highest BCUT2D eigenvalue weighted by Gasteiger charge is 2.27. The predicted molar refractivity (Wildman–Crippen MR) is 63.9 cm³/mol. The van der Waals surface area contributed by atoms with Crippen molar-refractivity contribution in [2.24, 2.45) is 5.73 Å². The van der Waals surface area contributed by atoms with E-state index in [0.717, 1.165) is 0 Å². The summed E-state index contributed by atoms with van der Waals surface area (Å²) in [5.41, 5.74) is 6.41. The third-order valence-corrected chi connectivity index (χ3v) is 2.37. The Labute approximate surface area is 103 Å². The maximum atomic E-state index is 12.1. The highest BCUT2D eigenvalue weighted by Crippen LogP contribution is 2.21. The second-order valence-electron chi connectivity index (χ2n) is 4.06. The fraction of sp³-hybridized carbons (Fsp3) is 0.455. The second-order valence-corrected chi connectivity index (χ2v) is 4.06. The van der Waals surface area contributed by atoms with Crippen LogP contribution in [0.25, 0.3) is 0 Å². The molecule has 0 amide bonds. The van der Waals surface area contributed by atoms with E-state index < -0.39 is 12.6 Å². The molecule has 0 atom stereocenters. The summed E-state index contributed by atoms with van der Waals surface area (Å²) in [5, 5.41) is 7.32. The molecular weight excluding hydrogens is 245 g/mol. The normalized spacial score (nSPS) is 11.4. The molecule has 0 aliphatic carbocycles. The van der Waals surface area contributed by atoms with Crippen LogP contribution >= 0.6 is 0 Å². The first kappa shape index (κ1) is 14.3. The van der Waals surface area contributed by atoms with Crippen LogP contribution in [0, 0.1) is 12.3 Å². The molecule has 0 saturated carbocycles. The first-order chi connectivity index (χ1) is 8.19. The van der Waals surface area contributed by atoms with Gasteiger partial charge in [-0.3, -0.25) is 5.41 Å². The first-order valence-corrected chi connectivity index (χ1v) is 5.30. The van der Waals surface area contributed by atoms with Crippen molar-refractivity contribution in [3.05, 3.63) is 23.4 Å². The van der Waals surface area contributed by atoms with Gasteiger partial charge in [0.05, 0.1) is 6.42 Å². The number of pyridine rings is 1.